The standard InChI is InChI=1S/C10H18F3NO3/c1-9(2,3)17-7(15)5-4-6(14)8(16)10(11,12)13/h6,8,16H,4-5,14H2,1-3H3/t6-,8?/m0/s1. The molecule has 0 aromatic rings. The largest absolute Gasteiger partial charge is 0.460 e. The van der Waals surface area contributed by atoms with E-state index >= 15 is 0 Å². The van der Waals surface area contributed by atoms with Crippen LogP contribution in [-0.2, 0) is 9.53 Å². The van der Waals surface area contributed by atoms with E-state index in [-0.39, 0.29) is 12.8 Å². The second-order valence-electron chi connectivity index (χ2n) is 4.78. The van der Waals surface area contributed by atoms with Crippen LogP contribution >= 0.6 is 0 Å². The number of carbonyl (C=O) groups is 1. The van der Waals surface area contributed by atoms with Gasteiger partial charge in [0.15, 0.2) is 6.10 Å². The predicted octanol–water partition coefficient (Wildman–Crippen LogP) is 1.36. The number of esters is 1. The molecule has 4 nitrogen and oxygen atoms in total. The zero-order chi connectivity index (χ0) is 13.9. The summed E-state index contributed by atoms with van der Waals surface area (Å²) in [6.45, 7) is 4.94. The maximum Gasteiger partial charge on any atom is 0.415 e. The lowest BCUT2D eigenvalue weighted by molar-refractivity contribution is -0.210. The van der Waals surface area contributed by atoms with Crippen molar-refractivity contribution in [1.29, 1.82) is 0 Å². The third-order valence-corrected chi connectivity index (χ3v) is 1.84. The minimum absolute atomic E-state index is 0.258. The number of aliphatic hydroxyl groups is 1. The number of aliphatic hydroxyl groups excluding tert-OH is 1. The molecule has 0 rings (SSSR count). The maximum absolute atomic E-state index is 12.0. The molecule has 0 aromatic carbocycles. The van der Waals surface area contributed by atoms with Gasteiger partial charge in [0.1, 0.15) is 5.60 Å². The minimum atomic E-state index is -4.77. The van der Waals surface area contributed by atoms with Gasteiger partial charge in [-0.1, -0.05) is 0 Å². The van der Waals surface area contributed by atoms with Crippen LogP contribution in [0.2, 0.25) is 0 Å². The molecule has 0 amide bonds. The second kappa shape index (κ2) is 5.68. The van der Waals surface area contributed by atoms with E-state index < -0.39 is 29.9 Å². The fourth-order valence-corrected chi connectivity index (χ4v) is 1.08. The molecule has 0 spiro atoms. The Hall–Kier alpha value is -0.820. The van der Waals surface area contributed by atoms with Crippen molar-refractivity contribution in [3.63, 3.8) is 0 Å². The van der Waals surface area contributed by atoms with Crippen molar-refractivity contribution in [3.8, 4) is 0 Å². The van der Waals surface area contributed by atoms with Gasteiger partial charge in [0.2, 0.25) is 0 Å². The topological polar surface area (TPSA) is 72.5 Å². The van der Waals surface area contributed by atoms with Crippen LogP contribution in [0.15, 0.2) is 0 Å². The first-order chi connectivity index (χ1) is 7.43. The highest BCUT2D eigenvalue weighted by molar-refractivity contribution is 5.69. The molecule has 0 saturated heterocycles. The van der Waals surface area contributed by atoms with Crippen LogP contribution in [-0.4, -0.2) is 35.0 Å². The molecule has 17 heavy (non-hydrogen) atoms. The summed E-state index contributed by atoms with van der Waals surface area (Å²) >= 11 is 0. The van der Waals surface area contributed by atoms with Crippen LogP contribution < -0.4 is 5.73 Å². The molecule has 0 aliphatic carbocycles. The van der Waals surface area contributed by atoms with Crippen LogP contribution in [0.3, 0.4) is 0 Å². The normalized spacial score (nSPS) is 16.5. The van der Waals surface area contributed by atoms with Crippen LogP contribution in [0.5, 0.6) is 0 Å². The fourth-order valence-electron chi connectivity index (χ4n) is 1.08. The molecule has 102 valence electrons. The van der Waals surface area contributed by atoms with Crippen molar-refractivity contribution in [2.45, 2.75) is 57.5 Å². The van der Waals surface area contributed by atoms with Gasteiger partial charge in [0, 0.05) is 12.5 Å². The van der Waals surface area contributed by atoms with Gasteiger partial charge in [-0.05, 0) is 27.2 Å². The van der Waals surface area contributed by atoms with E-state index in [9.17, 15) is 18.0 Å². The Balaban J connectivity index is 4.09. The number of carbonyl (C=O) groups excluding carboxylic acids is 1. The van der Waals surface area contributed by atoms with Crippen molar-refractivity contribution < 1.29 is 27.8 Å². The molecular formula is C10H18F3NO3. The summed E-state index contributed by atoms with van der Waals surface area (Å²) in [5, 5.41) is 8.80. The first kappa shape index (κ1) is 16.2. The summed E-state index contributed by atoms with van der Waals surface area (Å²) in [5.41, 5.74) is 4.45. The van der Waals surface area contributed by atoms with Gasteiger partial charge in [-0.25, -0.2) is 0 Å². The third-order valence-electron chi connectivity index (χ3n) is 1.84. The molecule has 0 heterocycles. The van der Waals surface area contributed by atoms with Crippen molar-refractivity contribution in [2.75, 3.05) is 0 Å². The fraction of sp³-hybridized carbons (Fsp3) is 0.900. The highest BCUT2D eigenvalue weighted by atomic mass is 19.4. The number of nitrogens with two attached hydrogens (primary N) is 1. The van der Waals surface area contributed by atoms with E-state index in [1.165, 1.54) is 0 Å². The van der Waals surface area contributed by atoms with Gasteiger partial charge in [-0.15, -0.1) is 0 Å². The summed E-state index contributed by atoms with van der Waals surface area (Å²) < 4.78 is 41.0. The number of hydrogen-bond acceptors (Lipinski definition) is 4. The van der Waals surface area contributed by atoms with Crippen LogP contribution in [0.4, 0.5) is 13.2 Å². The van der Waals surface area contributed by atoms with Crippen molar-refractivity contribution in [2.24, 2.45) is 5.73 Å². The van der Waals surface area contributed by atoms with Crippen molar-refractivity contribution in [1.82, 2.24) is 0 Å². The third kappa shape index (κ3) is 7.17. The Bertz CT molecular complexity index is 261. The first-order valence-electron chi connectivity index (χ1n) is 5.15. The predicted molar refractivity (Wildman–Crippen MR) is 55.1 cm³/mol. The molecule has 1 unspecified atom stereocenters. The van der Waals surface area contributed by atoms with E-state index in [0.29, 0.717) is 0 Å². The summed E-state index contributed by atoms with van der Waals surface area (Å²) in [5.74, 6) is -0.637. The lowest BCUT2D eigenvalue weighted by Crippen LogP contribution is -2.45. The van der Waals surface area contributed by atoms with Gasteiger partial charge in [0.25, 0.3) is 0 Å². The van der Waals surface area contributed by atoms with Crippen LogP contribution in [0.1, 0.15) is 33.6 Å². The van der Waals surface area contributed by atoms with Crippen molar-refractivity contribution >= 4 is 5.97 Å². The van der Waals surface area contributed by atoms with E-state index in [1.807, 2.05) is 0 Å². The average Bonchev–Trinajstić information content (AvgIpc) is 2.08. The van der Waals surface area contributed by atoms with Gasteiger partial charge < -0.3 is 15.6 Å². The average molecular weight is 257 g/mol. The monoisotopic (exact) mass is 257 g/mol. The molecular weight excluding hydrogens is 239 g/mol. The molecule has 0 radical (unpaired) electrons. The maximum atomic E-state index is 12.0. The lowest BCUT2D eigenvalue weighted by Gasteiger charge is -2.22. The highest BCUT2D eigenvalue weighted by Gasteiger charge is 2.42. The van der Waals surface area contributed by atoms with Gasteiger partial charge in [-0.3, -0.25) is 4.79 Å². The minimum Gasteiger partial charge on any atom is -0.460 e. The van der Waals surface area contributed by atoms with Gasteiger partial charge in [-0.2, -0.15) is 13.2 Å². The molecule has 0 fully saturated rings. The molecule has 0 aliphatic rings. The molecule has 7 heteroatoms. The highest BCUT2D eigenvalue weighted by Crippen LogP contribution is 2.23. The summed E-state index contributed by atoms with van der Waals surface area (Å²) in [6.07, 6.45) is -7.93. The number of ether oxygens (including phenoxy) is 1. The summed E-state index contributed by atoms with van der Waals surface area (Å²) in [4.78, 5) is 11.2. The zero-order valence-electron chi connectivity index (χ0n) is 10.0. The molecule has 0 aliphatic heterocycles. The van der Waals surface area contributed by atoms with Gasteiger partial charge in [0.05, 0.1) is 0 Å². The van der Waals surface area contributed by atoms with E-state index in [4.69, 9.17) is 15.6 Å². The van der Waals surface area contributed by atoms with E-state index in [1.54, 1.807) is 20.8 Å². The molecule has 0 saturated carbocycles. The Kier molecular flexibility index (Phi) is 5.41. The Morgan fingerprint density at radius 3 is 2.18 bits per heavy atom. The SMILES string of the molecule is CC(C)(C)OC(=O)CC[C@H](N)C(O)C(F)(F)F. The molecule has 2 atom stereocenters. The first-order valence-corrected chi connectivity index (χ1v) is 5.15. The van der Waals surface area contributed by atoms with Crippen LogP contribution in [0.25, 0.3) is 0 Å². The smallest absolute Gasteiger partial charge is 0.415 e. The zero-order valence-corrected chi connectivity index (χ0v) is 10.0. The quantitative estimate of drug-likeness (QED) is 0.746. The van der Waals surface area contributed by atoms with E-state index in [2.05, 4.69) is 0 Å². The number of hydrogen-bond donors (Lipinski definition) is 2. The van der Waals surface area contributed by atoms with Crippen molar-refractivity contribution in [3.05, 3.63) is 0 Å². The number of rotatable bonds is 4. The number of halogens is 3. The van der Waals surface area contributed by atoms with Gasteiger partial charge >= 0.3 is 12.1 Å². The van der Waals surface area contributed by atoms with E-state index in [0.717, 1.165) is 0 Å². The molecule has 3 N–H and O–H groups in total. The second-order valence-corrected chi connectivity index (χ2v) is 4.78. The molecule has 0 bridgehead atoms. The summed E-state index contributed by atoms with van der Waals surface area (Å²) in [6, 6.07) is -1.53. The molecule has 0 aromatic heterocycles. The summed E-state index contributed by atoms with van der Waals surface area (Å²) in [7, 11) is 0. The Morgan fingerprint density at radius 1 is 1.35 bits per heavy atom. The Morgan fingerprint density at radius 2 is 1.82 bits per heavy atom. The Labute approximate surface area is 97.9 Å². The van der Waals surface area contributed by atoms with Crippen LogP contribution in [0, 0.1) is 0 Å². The lowest BCUT2D eigenvalue weighted by atomic mass is 10.1. The number of alkyl halides is 3.